The monoisotopic (exact) mass is 1070 g/mol. The molecule has 26 heteroatoms. The number of rotatable bonds is 12. The van der Waals surface area contributed by atoms with Gasteiger partial charge in [0.1, 0.15) is 24.4 Å². The van der Waals surface area contributed by atoms with E-state index < -0.39 is 110 Å². The summed E-state index contributed by atoms with van der Waals surface area (Å²) >= 11 is 6.57. The number of halogens is 1. The number of epoxide rings is 1. The van der Waals surface area contributed by atoms with Crippen LogP contribution in [0.5, 0.6) is 0 Å². The molecule has 5 aliphatic rings. The van der Waals surface area contributed by atoms with Gasteiger partial charge >= 0.3 is 45.6 Å². The number of hydrogen-bond acceptors (Lipinski definition) is 15. The number of carbonyl (C=O) groups excluding carboxylic acids is 1. The first kappa shape index (κ1) is 56.4. The van der Waals surface area contributed by atoms with E-state index in [9.17, 15) is 29.5 Å². The topological polar surface area (TPSA) is 262 Å². The Labute approximate surface area is 418 Å². The van der Waals surface area contributed by atoms with Gasteiger partial charge in [0.15, 0.2) is 23.7 Å². The minimum absolute atomic E-state index is 0.0158. The first-order chi connectivity index (χ1) is 32.6. The number of nitrogens with one attached hydrogen (secondary N) is 2. The maximum atomic E-state index is 12.8. The van der Waals surface area contributed by atoms with Crippen LogP contribution in [0.3, 0.4) is 0 Å². The highest BCUT2D eigenvalue weighted by Gasteiger charge is 2.77. The molecule has 9 atom stereocenters. The molecule has 0 aliphatic carbocycles. The highest BCUT2D eigenvalue weighted by atomic mass is 35.5. The highest BCUT2D eigenvalue weighted by Crippen LogP contribution is 2.60. The van der Waals surface area contributed by atoms with Crippen molar-refractivity contribution in [1.29, 1.82) is 0 Å². The third-order valence-corrected chi connectivity index (χ3v) is 35.7. The largest absolute Gasteiger partial charge is 0.414 e. The second kappa shape index (κ2) is 20.8. The van der Waals surface area contributed by atoms with E-state index in [2.05, 4.69) is 103 Å². The van der Waals surface area contributed by atoms with E-state index in [4.69, 9.17) is 51.7 Å². The molecule has 0 bridgehead atoms. The Morgan fingerprint density at radius 1 is 0.686 bits per heavy atom. The van der Waals surface area contributed by atoms with E-state index in [1.54, 1.807) is 0 Å². The fourth-order valence-electron chi connectivity index (χ4n) is 11.1. The molecule has 21 nitrogen and oxygen atoms in total. The van der Waals surface area contributed by atoms with Gasteiger partial charge in [0.25, 0.3) is 11.1 Å². The number of ether oxygens (including phenoxy) is 3. The lowest BCUT2D eigenvalue weighted by Gasteiger charge is -2.51. The summed E-state index contributed by atoms with van der Waals surface area (Å²) in [5, 5.41) is 3.91. The van der Waals surface area contributed by atoms with Gasteiger partial charge in [0.2, 0.25) is 5.72 Å². The summed E-state index contributed by atoms with van der Waals surface area (Å²) < 4.78 is 62.7. The quantitative estimate of drug-likeness (QED) is 0.0407. The van der Waals surface area contributed by atoms with E-state index >= 15 is 0 Å². The minimum atomic E-state index is -3.12. The van der Waals surface area contributed by atoms with Gasteiger partial charge in [-0.2, -0.15) is 0 Å². The zero-order chi connectivity index (χ0) is 52.3. The van der Waals surface area contributed by atoms with Gasteiger partial charge in [-0.3, -0.25) is 33.5 Å². The molecule has 2 aromatic heterocycles. The fraction of sp³-hybridized carbons (Fsp3) is 0.795. The average Bonchev–Trinajstić information content (AvgIpc) is 3.72. The van der Waals surface area contributed by atoms with Crippen molar-refractivity contribution in [2.24, 2.45) is 5.11 Å². The molecule has 392 valence electrons. The number of hydrogen-bond donors (Lipinski definition) is 2. The molecule has 1 spiro atoms. The SMILES string of the molecule is CC(C)[Si]1(C(C)C)OC[C@H]2O[C@@H](n3ccc(=O)[nH]c3=O)[C@@]3(OC3Cl)C2O[Si](C(C)C)(C(C)C)O1.CC(C)[Si]1(C(C)C)OC[C@H]2O[C@@](C=O)(n3ccc(=O)[nH]c3=O)[C@@H](N=[N+]=[N-])C2O[Si](C(C)C)(C(C)C)O1. The molecule has 2 aromatic rings. The van der Waals surface area contributed by atoms with Crippen molar-refractivity contribution < 1.29 is 44.9 Å². The Morgan fingerprint density at radius 3 is 1.54 bits per heavy atom. The van der Waals surface area contributed by atoms with Crippen LogP contribution < -0.4 is 22.5 Å². The number of carbonyl (C=O) groups is 1. The van der Waals surface area contributed by atoms with Crippen LogP contribution in [-0.2, 0) is 50.7 Å². The molecule has 0 saturated carbocycles. The number of aldehydes is 1. The maximum absolute atomic E-state index is 12.8. The van der Waals surface area contributed by atoms with E-state index in [-0.39, 0.29) is 57.5 Å². The number of nitrogens with zero attached hydrogens (tertiary/aromatic N) is 5. The van der Waals surface area contributed by atoms with Gasteiger partial charge in [-0.1, -0.05) is 127 Å². The van der Waals surface area contributed by atoms with Crippen molar-refractivity contribution in [3.05, 3.63) is 76.6 Å². The van der Waals surface area contributed by atoms with Crippen LogP contribution in [0.4, 0.5) is 0 Å². The van der Waals surface area contributed by atoms with Gasteiger partial charge in [-0.15, -0.1) is 0 Å². The van der Waals surface area contributed by atoms with Gasteiger partial charge < -0.3 is 40.1 Å². The lowest BCUT2D eigenvalue weighted by Crippen LogP contribution is -2.66. The van der Waals surface area contributed by atoms with Gasteiger partial charge in [0, 0.05) is 29.4 Å². The second-order valence-corrected chi connectivity index (χ2v) is 39.6. The summed E-state index contributed by atoms with van der Waals surface area (Å²) in [6.07, 6.45) is -0.724. The Morgan fingerprint density at radius 2 is 1.13 bits per heavy atom. The van der Waals surface area contributed by atoms with Crippen molar-refractivity contribution in [2.75, 3.05) is 13.2 Å². The lowest BCUT2D eigenvalue weighted by atomic mass is 10.0. The molecule has 7 heterocycles. The van der Waals surface area contributed by atoms with Crippen molar-refractivity contribution in [3.8, 4) is 0 Å². The van der Waals surface area contributed by atoms with E-state index in [0.29, 0.717) is 6.29 Å². The van der Waals surface area contributed by atoms with Crippen LogP contribution in [0, 0.1) is 0 Å². The maximum Gasteiger partial charge on any atom is 0.335 e. The molecular formula is C44H74ClN7O14Si4. The van der Waals surface area contributed by atoms with Crippen molar-refractivity contribution in [1.82, 2.24) is 19.1 Å². The zero-order valence-corrected chi connectivity index (χ0v) is 48.0. The summed E-state index contributed by atoms with van der Waals surface area (Å²) in [7, 11) is -11.7. The van der Waals surface area contributed by atoms with Crippen molar-refractivity contribution in [2.45, 2.75) is 209 Å². The van der Waals surface area contributed by atoms with Gasteiger partial charge in [-0.25, -0.2) is 9.59 Å². The average molecular weight is 1070 g/mol. The smallest absolute Gasteiger partial charge is 0.335 e. The predicted molar refractivity (Wildman–Crippen MR) is 269 cm³/mol. The molecular weight excluding hydrogens is 998 g/mol. The standard InChI is InChI=1S/C22H37ClN2O7Si2.C22H37N5O7Si2/c1-12(2)33(13(3)4)28-11-16-18(31-34(32-33,14(5)6)15(7)8)22(19(23)30-22)20(29-16)25-10-9-17(26)24-21(25)27;1-13(2)35(14(3)4)31-11-17-19(33-36(34-35,15(5)6)16(7)8)20(25-26-23)22(12-28,32-17)27-10-9-18(29)24-21(27)30/h9-10,12-16,18-20H,11H2,1-8H3,(H,24,26,27);9-10,12-17,19-20H,11H2,1-8H3,(H,24,29,30)/t16-,18?,19?,20-,22-;17-,19?,20+,22-/m11/s1. The summed E-state index contributed by atoms with van der Waals surface area (Å²) in [5.74, 6) is 0. The van der Waals surface area contributed by atoms with E-state index in [1.807, 2.05) is 27.7 Å². The predicted octanol–water partition coefficient (Wildman–Crippen LogP) is 7.15. The second-order valence-electron chi connectivity index (χ2n) is 21.6. The highest BCUT2D eigenvalue weighted by molar-refractivity contribution is 6.84. The van der Waals surface area contributed by atoms with Crippen LogP contribution >= 0.6 is 11.6 Å². The first-order valence-electron chi connectivity index (χ1n) is 24.5. The molecule has 5 saturated heterocycles. The van der Waals surface area contributed by atoms with E-state index in [0.717, 1.165) is 16.8 Å². The summed E-state index contributed by atoms with van der Waals surface area (Å²) in [6.45, 7) is 34.0. The summed E-state index contributed by atoms with van der Waals surface area (Å²) in [4.78, 5) is 68.8. The van der Waals surface area contributed by atoms with Crippen LogP contribution in [0.2, 0.25) is 44.3 Å². The molecule has 70 heavy (non-hydrogen) atoms. The third-order valence-electron chi connectivity index (χ3n) is 14.8. The summed E-state index contributed by atoms with van der Waals surface area (Å²) in [6, 6.07) is 1.13. The molecule has 0 radical (unpaired) electrons. The van der Waals surface area contributed by atoms with Crippen LogP contribution in [0.15, 0.2) is 48.8 Å². The molecule has 7 rings (SSSR count). The first-order valence-corrected chi connectivity index (χ1v) is 32.8. The number of fused-ring (bicyclic) bond motifs is 3. The molecule has 3 unspecified atom stereocenters. The number of aromatic amines is 2. The zero-order valence-electron chi connectivity index (χ0n) is 43.3. The molecule has 5 fully saturated rings. The Balaban J connectivity index is 0.000000230. The Hall–Kier alpha value is -2.86. The Bertz CT molecular complexity index is 2470. The van der Waals surface area contributed by atoms with Crippen molar-refractivity contribution >= 4 is 52.1 Å². The third kappa shape index (κ3) is 9.37. The lowest BCUT2D eigenvalue weighted by molar-refractivity contribution is -0.151. The number of H-pyrrole nitrogens is 2. The van der Waals surface area contributed by atoms with Crippen molar-refractivity contribution in [3.63, 3.8) is 0 Å². The molecule has 5 aliphatic heterocycles. The molecule has 2 N–H and O–H groups in total. The normalized spacial score (nSPS) is 32.0. The minimum Gasteiger partial charge on any atom is -0.414 e. The number of alkyl halides is 1. The number of azide groups is 1. The van der Waals surface area contributed by atoms with E-state index in [1.165, 1.54) is 16.8 Å². The Kier molecular flexibility index (Phi) is 16.8. The van der Waals surface area contributed by atoms with Gasteiger partial charge in [0.05, 0.1) is 19.3 Å². The van der Waals surface area contributed by atoms with Crippen LogP contribution in [0.1, 0.15) is 117 Å². The fourth-order valence-corrected chi connectivity index (χ4v) is 33.9. The molecule has 0 amide bonds. The van der Waals surface area contributed by atoms with Crippen LogP contribution in [0.25, 0.3) is 10.4 Å². The molecule has 0 aromatic carbocycles. The van der Waals surface area contributed by atoms with Crippen LogP contribution in [-0.4, -0.2) is 114 Å². The van der Waals surface area contributed by atoms with Gasteiger partial charge in [-0.05, 0) is 49.9 Å². The summed E-state index contributed by atoms with van der Waals surface area (Å²) in [5.41, 5.74) is 3.83. The number of aromatic nitrogens is 4.